The van der Waals surface area contributed by atoms with Gasteiger partial charge in [0.2, 0.25) is 0 Å². The minimum Gasteiger partial charge on any atom is -0.484 e. The second-order valence-corrected chi connectivity index (χ2v) is 6.51. The molecule has 1 fully saturated rings. The van der Waals surface area contributed by atoms with E-state index in [0.717, 1.165) is 50.5 Å². The van der Waals surface area contributed by atoms with Crippen molar-refractivity contribution in [3.8, 4) is 5.75 Å². The number of hydrogen-bond donors (Lipinski definition) is 0. The molecule has 1 aliphatic heterocycles. The first kappa shape index (κ1) is 17.5. The number of rotatable bonds is 6. The molecule has 132 valence electrons. The fourth-order valence-corrected chi connectivity index (χ4v) is 3.10. The number of hydrogen-bond acceptors (Lipinski definition) is 3. The van der Waals surface area contributed by atoms with Gasteiger partial charge in [-0.15, -0.1) is 0 Å². The molecule has 2 aromatic carbocycles. The normalized spacial score (nSPS) is 15.2. The first-order valence-electron chi connectivity index (χ1n) is 8.95. The van der Waals surface area contributed by atoms with Crippen molar-refractivity contribution in [2.24, 2.45) is 0 Å². The lowest BCUT2D eigenvalue weighted by atomic mass is 10.1. The van der Waals surface area contributed by atoms with Crippen LogP contribution in [0, 0.1) is 6.92 Å². The van der Waals surface area contributed by atoms with E-state index in [4.69, 9.17) is 4.74 Å². The number of aryl methyl sites for hydroxylation is 1. The second-order valence-electron chi connectivity index (χ2n) is 6.51. The molecule has 1 saturated heterocycles. The average molecular weight is 338 g/mol. The average Bonchev–Trinajstić information content (AvgIpc) is 2.67. The Morgan fingerprint density at radius 3 is 2.36 bits per heavy atom. The fourth-order valence-electron chi connectivity index (χ4n) is 3.10. The van der Waals surface area contributed by atoms with Gasteiger partial charge in [0.05, 0.1) is 0 Å². The standard InChI is InChI=1S/C21H26N2O2/c1-18-7-5-6-10-20(18)25-17-21(24)23-15-13-22(14-16-23)12-11-19-8-3-2-4-9-19/h2-10H,11-17H2,1H3. The molecule has 0 aliphatic carbocycles. The van der Waals surface area contributed by atoms with E-state index in [1.54, 1.807) is 0 Å². The molecule has 1 heterocycles. The first-order valence-corrected chi connectivity index (χ1v) is 8.95. The van der Waals surface area contributed by atoms with Crippen LogP contribution >= 0.6 is 0 Å². The van der Waals surface area contributed by atoms with Crippen molar-refractivity contribution in [2.75, 3.05) is 39.3 Å². The van der Waals surface area contributed by atoms with E-state index in [0.29, 0.717) is 0 Å². The molecule has 2 aromatic rings. The molecule has 0 saturated carbocycles. The van der Waals surface area contributed by atoms with E-state index < -0.39 is 0 Å². The van der Waals surface area contributed by atoms with Crippen LogP contribution in [0.5, 0.6) is 5.75 Å². The number of para-hydroxylation sites is 1. The number of benzene rings is 2. The third-order valence-electron chi connectivity index (χ3n) is 4.73. The fraction of sp³-hybridized carbons (Fsp3) is 0.381. The first-order chi connectivity index (χ1) is 12.2. The third-order valence-corrected chi connectivity index (χ3v) is 4.73. The van der Waals surface area contributed by atoms with E-state index >= 15 is 0 Å². The molecule has 0 radical (unpaired) electrons. The molecular formula is C21H26N2O2. The third kappa shape index (κ3) is 5.07. The highest BCUT2D eigenvalue weighted by Crippen LogP contribution is 2.16. The van der Waals surface area contributed by atoms with Crippen LogP contribution in [0.4, 0.5) is 0 Å². The molecule has 1 amide bonds. The van der Waals surface area contributed by atoms with Gasteiger partial charge in [0.1, 0.15) is 5.75 Å². The van der Waals surface area contributed by atoms with Crippen LogP contribution in [-0.2, 0) is 11.2 Å². The topological polar surface area (TPSA) is 32.8 Å². The Bertz CT molecular complexity index is 679. The highest BCUT2D eigenvalue weighted by Gasteiger charge is 2.21. The van der Waals surface area contributed by atoms with Gasteiger partial charge in [-0.25, -0.2) is 0 Å². The quantitative estimate of drug-likeness (QED) is 0.812. The summed E-state index contributed by atoms with van der Waals surface area (Å²) in [7, 11) is 0. The van der Waals surface area contributed by atoms with Crippen LogP contribution < -0.4 is 4.74 Å². The van der Waals surface area contributed by atoms with Gasteiger partial charge < -0.3 is 9.64 Å². The molecule has 3 rings (SSSR count). The monoisotopic (exact) mass is 338 g/mol. The number of nitrogens with zero attached hydrogens (tertiary/aromatic N) is 2. The molecule has 0 bridgehead atoms. The van der Waals surface area contributed by atoms with Gasteiger partial charge in [-0.1, -0.05) is 48.5 Å². The summed E-state index contributed by atoms with van der Waals surface area (Å²) in [5.74, 6) is 0.864. The predicted molar refractivity (Wildman–Crippen MR) is 99.8 cm³/mol. The summed E-state index contributed by atoms with van der Waals surface area (Å²) in [5, 5.41) is 0. The SMILES string of the molecule is Cc1ccccc1OCC(=O)N1CCN(CCc2ccccc2)CC1. The van der Waals surface area contributed by atoms with E-state index in [-0.39, 0.29) is 12.5 Å². The van der Waals surface area contributed by atoms with Crippen molar-refractivity contribution in [2.45, 2.75) is 13.3 Å². The minimum atomic E-state index is 0.0750. The van der Waals surface area contributed by atoms with Crippen molar-refractivity contribution < 1.29 is 9.53 Å². The maximum atomic E-state index is 12.4. The van der Waals surface area contributed by atoms with Gasteiger partial charge in [-0.3, -0.25) is 9.69 Å². The number of piperazine rings is 1. The Morgan fingerprint density at radius 1 is 0.960 bits per heavy atom. The lowest BCUT2D eigenvalue weighted by Crippen LogP contribution is -2.50. The number of ether oxygens (including phenoxy) is 1. The summed E-state index contributed by atoms with van der Waals surface area (Å²) in [6, 6.07) is 18.4. The van der Waals surface area contributed by atoms with Gasteiger partial charge in [0.15, 0.2) is 6.61 Å². The van der Waals surface area contributed by atoms with Gasteiger partial charge in [-0.05, 0) is 30.5 Å². The van der Waals surface area contributed by atoms with Crippen molar-refractivity contribution in [3.05, 3.63) is 65.7 Å². The summed E-state index contributed by atoms with van der Waals surface area (Å²) in [4.78, 5) is 16.7. The van der Waals surface area contributed by atoms with E-state index in [2.05, 4.69) is 29.2 Å². The lowest BCUT2D eigenvalue weighted by molar-refractivity contribution is -0.135. The van der Waals surface area contributed by atoms with Crippen molar-refractivity contribution >= 4 is 5.91 Å². The Balaban J connectivity index is 1.39. The molecular weight excluding hydrogens is 312 g/mol. The molecule has 25 heavy (non-hydrogen) atoms. The molecule has 4 heteroatoms. The van der Waals surface area contributed by atoms with Crippen LogP contribution in [0.15, 0.2) is 54.6 Å². The summed E-state index contributed by atoms with van der Waals surface area (Å²) in [6.45, 7) is 6.59. The van der Waals surface area contributed by atoms with E-state index in [9.17, 15) is 4.79 Å². The molecule has 0 unspecified atom stereocenters. The maximum Gasteiger partial charge on any atom is 0.260 e. The maximum absolute atomic E-state index is 12.4. The van der Waals surface area contributed by atoms with Crippen LogP contribution in [0.1, 0.15) is 11.1 Å². The van der Waals surface area contributed by atoms with Gasteiger partial charge >= 0.3 is 0 Å². The minimum absolute atomic E-state index is 0.0750. The van der Waals surface area contributed by atoms with Crippen molar-refractivity contribution in [1.82, 2.24) is 9.80 Å². The summed E-state index contributed by atoms with van der Waals surface area (Å²) < 4.78 is 5.68. The number of amides is 1. The van der Waals surface area contributed by atoms with E-state index in [1.165, 1.54) is 5.56 Å². The highest BCUT2D eigenvalue weighted by molar-refractivity contribution is 5.78. The summed E-state index contributed by atoms with van der Waals surface area (Å²) >= 11 is 0. The predicted octanol–water partition coefficient (Wildman–Crippen LogP) is 2.76. The van der Waals surface area contributed by atoms with Gasteiger partial charge in [-0.2, -0.15) is 0 Å². The zero-order valence-corrected chi connectivity index (χ0v) is 14.9. The molecule has 0 spiro atoms. The van der Waals surface area contributed by atoms with E-state index in [1.807, 2.05) is 42.2 Å². The molecule has 0 N–H and O–H groups in total. The molecule has 4 nitrogen and oxygen atoms in total. The molecule has 1 aliphatic rings. The smallest absolute Gasteiger partial charge is 0.260 e. The van der Waals surface area contributed by atoms with Crippen LogP contribution in [-0.4, -0.2) is 55.0 Å². The van der Waals surface area contributed by atoms with Crippen molar-refractivity contribution in [3.63, 3.8) is 0 Å². The van der Waals surface area contributed by atoms with Gasteiger partial charge in [0, 0.05) is 32.7 Å². The Labute approximate surface area is 150 Å². The second kappa shape index (κ2) is 8.67. The van der Waals surface area contributed by atoms with Crippen LogP contribution in [0.25, 0.3) is 0 Å². The Hall–Kier alpha value is -2.33. The van der Waals surface area contributed by atoms with Gasteiger partial charge in [0.25, 0.3) is 5.91 Å². The Kier molecular flexibility index (Phi) is 6.07. The Morgan fingerprint density at radius 2 is 1.64 bits per heavy atom. The largest absolute Gasteiger partial charge is 0.484 e. The zero-order valence-electron chi connectivity index (χ0n) is 14.9. The molecule has 0 atom stereocenters. The number of carbonyl (C=O) groups is 1. The lowest BCUT2D eigenvalue weighted by Gasteiger charge is -2.34. The van der Waals surface area contributed by atoms with Crippen molar-refractivity contribution in [1.29, 1.82) is 0 Å². The molecule has 0 aromatic heterocycles. The summed E-state index contributed by atoms with van der Waals surface area (Å²) in [6.07, 6.45) is 1.06. The van der Waals surface area contributed by atoms with Crippen LogP contribution in [0.3, 0.4) is 0 Å². The van der Waals surface area contributed by atoms with Crippen LogP contribution in [0.2, 0.25) is 0 Å². The zero-order chi connectivity index (χ0) is 17.5. The highest BCUT2D eigenvalue weighted by atomic mass is 16.5. The number of carbonyl (C=O) groups excluding carboxylic acids is 1. The summed E-state index contributed by atoms with van der Waals surface area (Å²) in [5.41, 5.74) is 2.42.